The zero-order valence-electron chi connectivity index (χ0n) is 6.90. The summed E-state index contributed by atoms with van der Waals surface area (Å²) >= 11 is 5.08. The highest BCUT2D eigenvalue weighted by molar-refractivity contribution is 7.71. The third-order valence-electron chi connectivity index (χ3n) is 1.82. The lowest BCUT2D eigenvalue weighted by molar-refractivity contribution is 1.04. The van der Waals surface area contributed by atoms with Gasteiger partial charge in [0.25, 0.3) is 0 Å². The van der Waals surface area contributed by atoms with E-state index in [4.69, 9.17) is 18.0 Å². The lowest BCUT2D eigenvalue weighted by Crippen LogP contribution is -1.98. The number of aromatic nitrogens is 2. The Morgan fingerprint density at radius 1 is 1.23 bits per heavy atom. The SMILES string of the molecule is Nc1c[nH]c(=S)n1-c1ccccc1. The van der Waals surface area contributed by atoms with Gasteiger partial charge in [-0.3, -0.25) is 4.57 Å². The maximum Gasteiger partial charge on any atom is 0.183 e. The molecular weight excluding hydrogens is 182 g/mol. The Kier molecular flexibility index (Phi) is 1.90. The number of nitrogens with one attached hydrogen (secondary N) is 1. The Bertz CT molecular complexity index is 455. The molecule has 2 rings (SSSR count). The van der Waals surface area contributed by atoms with Gasteiger partial charge in [-0.15, -0.1) is 0 Å². The van der Waals surface area contributed by atoms with Crippen molar-refractivity contribution in [1.82, 2.24) is 9.55 Å². The molecule has 0 aliphatic rings. The van der Waals surface area contributed by atoms with Crippen LogP contribution in [-0.4, -0.2) is 9.55 Å². The van der Waals surface area contributed by atoms with Gasteiger partial charge in [-0.05, 0) is 24.4 Å². The molecule has 1 aromatic heterocycles. The van der Waals surface area contributed by atoms with E-state index in [1.165, 1.54) is 0 Å². The van der Waals surface area contributed by atoms with Crippen LogP contribution in [0.2, 0.25) is 0 Å². The van der Waals surface area contributed by atoms with Gasteiger partial charge >= 0.3 is 0 Å². The van der Waals surface area contributed by atoms with Crippen molar-refractivity contribution < 1.29 is 0 Å². The fourth-order valence-corrected chi connectivity index (χ4v) is 1.50. The molecule has 0 spiro atoms. The maximum atomic E-state index is 5.74. The molecule has 1 aromatic carbocycles. The summed E-state index contributed by atoms with van der Waals surface area (Å²) in [6.07, 6.45) is 1.69. The molecule has 0 saturated heterocycles. The summed E-state index contributed by atoms with van der Waals surface area (Å²) in [5, 5.41) is 0. The van der Waals surface area contributed by atoms with Crippen LogP contribution in [0.4, 0.5) is 5.82 Å². The Labute approximate surface area is 80.8 Å². The Morgan fingerprint density at radius 3 is 2.46 bits per heavy atom. The van der Waals surface area contributed by atoms with Crippen molar-refractivity contribution in [3.8, 4) is 5.69 Å². The van der Waals surface area contributed by atoms with Crippen LogP contribution in [-0.2, 0) is 0 Å². The molecule has 66 valence electrons. The van der Waals surface area contributed by atoms with Gasteiger partial charge in [-0.1, -0.05) is 18.2 Å². The highest BCUT2D eigenvalue weighted by Crippen LogP contribution is 2.12. The van der Waals surface area contributed by atoms with Crippen LogP contribution < -0.4 is 5.73 Å². The molecule has 0 fully saturated rings. The quantitative estimate of drug-likeness (QED) is 0.678. The standard InChI is InChI=1S/C9H9N3S/c10-8-6-11-9(13)12(8)7-4-2-1-3-5-7/h1-6H,10H2,(H,11,13). The second-order valence-corrected chi connectivity index (χ2v) is 3.08. The molecular formula is C9H9N3S. The molecule has 1 heterocycles. The summed E-state index contributed by atoms with van der Waals surface area (Å²) in [4.78, 5) is 2.89. The lowest BCUT2D eigenvalue weighted by Gasteiger charge is -2.03. The molecule has 0 saturated carbocycles. The fourth-order valence-electron chi connectivity index (χ4n) is 1.23. The van der Waals surface area contributed by atoms with Crippen molar-refractivity contribution in [3.63, 3.8) is 0 Å². The summed E-state index contributed by atoms with van der Waals surface area (Å²) in [6.45, 7) is 0. The molecule has 4 heteroatoms. The molecule has 0 bridgehead atoms. The monoisotopic (exact) mass is 191 g/mol. The van der Waals surface area contributed by atoms with Gasteiger partial charge in [0.15, 0.2) is 4.77 Å². The highest BCUT2D eigenvalue weighted by atomic mass is 32.1. The van der Waals surface area contributed by atoms with Crippen molar-refractivity contribution in [2.75, 3.05) is 5.73 Å². The second-order valence-electron chi connectivity index (χ2n) is 2.69. The molecule has 0 amide bonds. The molecule has 3 N–H and O–H groups in total. The molecule has 0 atom stereocenters. The number of H-pyrrole nitrogens is 1. The minimum atomic E-state index is 0.615. The predicted molar refractivity (Wildman–Crippen MR) is 55.4 cm³/mol. The summed E-state index contributed by atoms with van der Waals surface area (Å²) in [7, 11) is 0. The average molecular weight is 191 g/mol. The van der Waals surface area contributed by atoms with Gasteiger partial charge in [0.05, 0.1) is 0 Å². The number of rotatable bonds is 1. The normalized spacial score (nSPS) is 10.2. The number of nitrogen functional groups attached to an aromatic ring is 1. The Hall–Kier alpha value is -1.55. The van der Waals surface area contributed by atoms with Gasteiger partial charge in [-0.2, -0.15) is 0 Å². The summed E-state index contributed by atoms with van der Waals surface area (Å²) in [6, 6.07) is 9.77. The van der Waals surface area contributed by atoms with E-state index < -0.39 is 0 Å². The first-order valence-corrected chi connectivity index (χ1v) is 4.31. The van der Waals surface area contributed by atoms with Gasteiger partial charge in [0, 0.05) is 11.9 Å². The minimum Gasteiger partial charge on any atom is -0.384 e. The molecule has 0 unspecified atom stereocenters. The van der Waals surface area contributed by atoms with Crippen molar-refractivity contribution >= 4 is 18.0 Å². The first kappa shape index (κ1) is 8.07. The van der Waals surface area contributed by atoms with Crippen LogP contribution in [0.3, 0.4) is 0 Å². The van der Waals surface area contributed by atoms with Crippen molar-refractivity contribution in [2.24, 2.45) is 0 Å². The van der Waals surface area contributed by atoms with E-state index in [0.29, 0.717) is 10.6 Å². The molecule has 0 aliphatic carbocycles. The first-order chi connectivity index (χ1) is 6.29. The molecule has 13 heavy (non-hydrogen) atoms. The van der Waals surface area contributed by atoms with Crippen LogP contribution in [0.25, 0.3) is 5.69 Å². The Balaban J connectivity index is 2.65. The topological polar surface area (TPSA) is 46.7 Å². The average Bonchev–Trinajstić information content (AvgIpc) is 2.48. The minimum absolute atomic E-state index is 0.615. The van der Waals surface area contributed by atoms with Crippen LogP contribution in [0.1, 0.15) is 0 Å². The van der Waals surface area contributed by atoms with Gasteiger partial charge < -0.3 is 10.7 Å². The maximum absolute atomic E-state index is 5.74. The first-order valence-electron chi connectivity index (χ1n) is 3.90. The smallest absolute Gasteiger partial charge is 0.183 e. The number of imidazole rings is 1. The van der Waals surface area contributed by atoms with E-state index in [1.807, 2.05) is 30.3 Å². The van der Waals surface area contributed by atoms with E-state index in [-0.39, 0.29) is 0 Å². The van der Waals surface area contributed by atoms with Gasteiger partial charge in [-0.25, -0.2) is 0 Å². The molecule has 3 nitrogen and oxygen atoms in total. The number of aromatic amines is 1. The third-order valence-corrected chi connectivity index (χ3v) is 2.12. The number of nitrogens with two attached hydrogens (primary N) is 1. The number of nitrogens with zero attached hydrogens (tertiary/aromatic N) is 1. The molecule has 0 radical (unpaired) electrons. The zero-order chi connectivity index (χ0) is 9.26. The van der Waals surface area contributed by atoms with E-state index >= 15 is 0 Å². The lowest BCUT2D eigenvalue weighted by atomic mass is 10.3. The summed E-state index contributed by atoms with van der Waals surface area (Å²) < 4.78 is 2.40. The van der Waals surface area contributed by atoms with Gasteiger partial charge in [0.1, 0.15) is 5.82 Å². The largest absolute Gasteiger partial charge is 0.384 e. The van der Waals surface area contributed by atoms with Crippen molar-refractivity contribution in [1.29, 1.82) is 0 Å². The number of para-hydroxylation sites is 1. The number of anilines is 1. The van der Waals surface area contributed by atoms with Gasteiger partial charge in [0.2, 0.25) is 0 Å². The van der Waals surface area contributed by atoms with E-state index in [0.717, 1.165) is 5.69 Å². The summed E-state index contributed by atoms with van der Waals surface area (Å²) in [5.74, 6) is 0.621. The second kappa shape index (κ2) is 3.06. The highest BCUT2D eigenvalue weighted by Gasteiger charge is 2.00. The predicted octanol–water partition coefficient (Wildman–Crippen LogP) is 2.12. The number of hydrogen-bond acceptors (Lipinski definition) is 2. The number of hydrogen-bond donors (Lipinski definition) is 2. The van der Waals surface area contributed by atoms with Crippen LogP contribution in [0.15, 0.2) is 36.5 Å². The number of benzene rings is 1. The van der Waals surface area contributed by atoms with Crippen molar-refractivity contribution in [2.45, 2.75) is 0 Å². The molecule has 2 aromatic rings. The molecule has 0 aliphatic heterocycles. The third kappa shape index (κ3) is 1.36. The zero-order valence-corrected chi connectivity index (χ0v) is 7.71. The van der Waals surface area contributed by atoms with E-state index in [1.54, 1.807) is 10.8 Å². The van der Waals surface area contributed by atoms with E-state index in [2.05, 4.69) is 4.98 Å². The van der Waals surface area contributed by atoms with Crippen LogP contribution >= 0.6 is 12.2 Å². The summed E-state index contributed by atoms with van der Waals surface area (Å²) in [5.41, 5.74) is 6.72. The van der Waals surface area contributed by atoms with Crippen LogP contribution in [0.5, 0.6) is 0 Å². The van der Waals surface area contributed by atoms with E-state index in [9.17, 15) is 0 Å². The fraction of sp³-hybridized carbons (Fsp3) is 0. The van der Waals surface area contributed by atoms with Crippen molar-refractivity contribution in [3.05, 3.63) is 41.3 Å². The Morgan fingerprint density at radius 2 is 1.92 bits per heavy atom. The van der Waals surface area contributed by atoms with Crippen LogP contribution in [0, 0.1) is 4.77 Å².